The molecule has 1 fully saturated rings. The zero-order chi connectivity index (χ0) is 25.7. The van der Waals surface area contributed by atoms with Crippen LogP contribution in [0, 0.1) is 11.3 Å². The van der Waals surface area contributed by atoms with E-state index in [4.69, 9.17) is 10.5 Å². The minimum atomic E-state index is -0.240. The van der Waals surface area contributed by atoms with Crippen LogP contribution >= 0.6 is 0 Å². The smallest absolute Gasteiger partial charge is 0.319 e. The molecule has 188 valence electrons. The van der Waals surface area contributed by atoms with Crippen molar-refractivity contribution in [1.82, 2.24) is 15.2 Å². The minimum absolute atomic E-state index is 0.0528. The SMILES string of the molecule is CN/C(=C\N)CCOc1ccc2c(C#N)c(-c3ccc(NC(=O)NC(C)C)cc3)n(C3CCC3)c2c1. The molecule has 36 heavy (non-hydrogen) atoms. The molecule has 1 aliphatic rings. The molecule has 4 rings (SSSR count). The second kappa shape index (κ2) is 11.1. The monoisotopic (exact) mass is 486 g/mol. The Bertz CT molecular complexity index is 1300. The Morgan fingerprint density at radius 3 is 2.58 bits per heavy atom. The lowest BCUT2D eigenvalue weighted by molar-refractivity contribution is 0.250. The average Bonchev–Trinajstić information content (AvgIpc) is 3.14. The highest BCUT2D eigenvalue weighted by molar-refractivity contribution is 5.96. The number of ether oxygens (including phenoxy) is 1. The van der Waals surface area contributed by atoms with Crippen molar-refractivity contribution in [3.63, 3.8) is 0 Å². The summed E-state index contributed by atoms with van der Waals surface area (Å²) >= 11 is 0. The summed E-state index contributed by atoms with van der Waals surface area (Å²) in [6.07, 6.45) is 5.56. The lowest BCUT2D eigenvalue weighted by atomic mass is 9.92. The summed E-state index contributed by atoms with van der Waals surface area (Å²) < 4.78 is 8.33. The zero-order valence-corrected chi connectivity index (χ0v) is 21.1. The number of aromatic nitrogens is 1. The Morgan fingerprint density at radius 1 is 1.25 bits per heavy atom. The van der Waals surface area contributed by atoms with Gasteiger partial charge in [0.15, 0.2) is 0 Å². The summed E-state index contributed by atoms with van der Waals surface area (Å²) in [7, 11) is 1.84. The number of nitriles is 1. The number of amides is 2. The van der Waals surface area contributed by atoms with Gasteiger partial charge in [0, 0.05) is 54.6 Å². The van der Waals surface area contributed by atoms with Gasteiger partial charge in [-0.2, -0.15) is 5.26 Å². The Hall–Kier alpha value is -4.12. The molecule has 2 aromatic carbocycles. The molecule has 1 saturated carbocycles. The van der Waals surface area contributed by atoms with E-state index >= 15 is 0 Å². The first-order valence-electron chi connectivity index (χ1n) is 12.4. The van der Waals surface area contributed by atoms with E-state index in [1.807, 2.05) is 63.4 Å². The molecular formula is C28H34N6O2. The first kappa shape index (κ1) is 25.0. The molecule has 0 spiro atoms. The third kappa shape index (κ3) is 5.25. The van der Waals surface area contributed by atoms with Crippen molar-refractivity contribution in [3.8, 4) is 23.1 Å². The number of benzene rings is 2. The molecule has 1 heterocycles. The number of urea groups is 1. The molecule has 3 aromatic rings. The van der Waals surface area contributed by atoms with Crippen LogP contribution in [0.5, 0.6) is 5.75 Å². The van der Waals surface area contributed by atoms with Crippen LogP contribution in [0.1, 0.15) is 51.1 Å². The number of carbonyl (C=O) groups is 1. The quantitative estimate of drug-likeness (QED) is 0.331. The zero-order valence-electron chi connectivity index (χ0n) is 21.1. The molecule has 1 aromatic heterocycles. The molecule has 0 bridgehead atoms. The predicted molar refractivity (Wildman–Crippen MR) is 144 cm³/mol. The van der Waals surface area contributed by atoms with Gasteiger partial charge in [0.1, 0.15) is 11.8 Å². The van der Waals surface area contributed by atoms with Crippen molar-refractivity contribution >= 4 is 22.6 Å². The molecular weight excluding hydrogens is 452 g/mol. The molecule has 5 N–H and O–H groups in total. The van der Waals surface area contributed by atoms with Crippen molar-refractivity contribution in [2.24, 2.45) is 5.73 Å². The van der Waals surface area contributed by atoms with Gasteiger partial charge in [0.05, 0.1) is 23.4 Å². The van der Waals surface area contributed by atoms with Gasteiger partial charge in [-0.05, 0) is 62.9 Å². The molecule has 0 unspecified atom stereocenters. The molecule has 2 amide bonds. The first-order chi connectivity index (χ1) is 17.4. The Balaban J connectivity index is 1.68. The number of nitrogens with zero attached hydrogens (tertiary/aromatic N) is 2. The molecule has 0 radical (unpaired) electrons. The van der Waals surface area contributed by atoms with Crippen molar-refractivity contribution in [2.45, 2.75) is 51.6 Å². The van der Waals surface area contributed by atoms with E-state index in [0.29, 0.717) is 30.3 Å². The van der Waals surface area contributed by atoms with Crippen LogP contribution in [0.15, 0.2) is 54.4 Å². The lowest BCUT2D eigenvalue weighted by Crippen LogP contribution is -2.34. The molecule has 0 aliphatic heterocycles. The van der Waals surface area contributed by atoms with Crippen LogP contribution in [0.4, 0.5) is 10.5 Å². The highest BCUT2D eigenvalue weighted by Crippen LogP contribution is 2.43. The van der Waals surface area contributed by atoms with E-state index in [1.54, 1.807) is 6.20 Å². The highest BCUT2D eigenvalue weighted by Gasteiger charge is 2.28. The largest absolute Gasteiger partial charge is 0.493 e. The number of hydrogen-bond acceptors (Lipinski definition) is 5. The fourth-order valence-electron chi connectivity index (χ4n) is 4.51. The number of nitrogens with one attached hydrogen (secondary N) is 3. The molecule has 0 atom stereocenters. The van der Waals surface area contributed by atoms with Gasteiger partial charge >= 0.3 is 6.03 Å². The summed E-state index contributed by atoms with van der Waals surface area (Å²) in [6, 6.07) is 16.2. The molecule has 0 saturated heterocycles. The Labute approximate surface area is 212 Å². The van der Waals surface area contributed by atoms with Gasteiger partial charge in [-0.25, -0.2) is 4.79 Å². The van der Waals surface area contributed by atoms with Gasteiger partial charge in [0.2, 0.25) is 0 Å². The van der Waals surface area contributed by atoms with Crippen LogP contribution < -0.4 is 26.4 Å². The maximum absolute atomic E-state index is 12.1. The number of fused-ring (bicyclic) bond motifs is 1. The average molecular weight is 487 g/mol. The molecule has 1 aliphatic carbocycles. The van der Waals surface area contributed by atoms with E-state index in [0.717, 1.165) is 46.4 Å². The second-order valence-electron chi connectivity index (χ2n) is 9.34. The van der Waals surface area contributed by atoms with E-state index in [1.165, 1.54) is 6.42 Å². The number of hydrogen-bond donors (Lipinski definition) is 4. The first-order valence-corrected chi connectivity index (χ1v) is 12.4. The van der Waals surface area contributed by atoms with Gasteiger partial charge < -0.3 is 31.0 Å². The Morgan fingerprint density at radius 2 is 2.00 bits per heavy atom. The summed E-state index contributed by atoms with van der Waals surface area (Å²) in [5.74, 6) is 0.764. The Kier molecular flexibility index (Phi) is 7.69. The third-order valence-corrected chi connectivity index (χ3v) is 6.53. The predicted octanol–water partition coefficient (Wildman–Crippen LogP) is 5.22. The van der Waals surface area contributed by atoms with Crippen molar-refractivity contribution < 1.29 is 9.53 Å². The van der Waals surface area contributed by atoms with Crippen LogP contribution in [-0.4, -0.2) is 30.3 Å². The fourth-order valence-corrected chi connectivity index (χ4v) is 4.51. The topological polar surface area (TPSA) is 117 Å². The van der Waals surface area contributed by atoms with E-state index in [9.17, 15) is 10.1 Å². The van der Waals surface area contributed by atoms with Gasteiger partial charge in [-0.15, -0.1) is 0 Å². The maximum Gasteiger partial charge on any atom is 0.319 e. The maximum atomic E-state index is 12.1. The fraction of sp³-hybridized carbons (Fsp3) is 0.357. The number of carbonyl (C=O) groups excluding carboxylic acids is 1. The minimum Gasteiger partial charge on any atom is -0.493 e. The third-order valence-electron chi connectivity index (χ3n) is 6.53. The van der Waals surface area contributed by atoms with Crippen molar-refractivity contribution in [1.29, 1.82) is 5.26 Å². The summed E-state index contributed by atoms with van der Waals surface area (Å²) in [4.78, 5) is 12.1. The van der Waals surface area contributed by atoms with Crippen LogP contribution in [0.2, 0.25) is 0 Å². The van der Waals surface area contributed by atoms with E-state index in [-0.39, 0.29) is 12.1 Å². The standard InChI is InChI=1S/C28H34N6O2/c1-18(2)32-28(35)33-20-9-7-19(8-10-20)27-25(17-30)24-12-11-23(36-14-13-21(16-29)31-3)15-26(24)34(27)22-5-4-6-22/h7-12,15-16,18,22,31H,4-6,13-14,29H2,1-3H3,(H2,32,33,35)/b21-16-. The molecule has 8 heteroatoms. The van der Waals surface area contributed by atoms with Crippen molar-refractivity contribution in [3.05, 3.63) is 59.9 Å². The summed E-state index contributed by atoms with van der Waals surface area (Å²) in [5, 5.41) is 19.8. The van der Waals surface area contributed by atoms with Crippen LogP contribution in [0.25, 0.3) is 22.2 Å². The number of rotatable bonds is 9. The van der Waals surface area contributed by atoms with Gasteiger partial charge in [-0.1, -0.05) is 12.1 Å². The normalized spacial score (nSPS) is 13.8. The van der Waals surface area contributed by atoms with Crippen LogP contribution in [0.3, 0.4) is 0 Å². The summed E-state index contributed by atoms with van der Waals surface area (Å²) in [6.45, 7) is 4.33. The number of nitrogens with two attached hydrogens (primary N) is 1. The van der Waals surface area contributed by atoms with Gasteiger partial charge in [-0.3, -0.25) is 0 Å². The highest BCUT2D eigenvalue weighted by atomic mass is 16.5. The van der Waals surface area contributed by atoms with Crippen LogP contribution in [-0.2, 0) is 0 Å². The lowest BCUT2D eigenvalue weighted by Gasteiger charge is -2.30. The second-order valence-corrected chi connectivity index (χ2v) is 9.34. The van der Waals surface area contributed by atoms with Gasteiger partial charge in [0.25, 0.3) is 0 Å². The van der Waals surface area contributed by atoms with E-state index < -0.39 is 0 Å². The van der Waals surface area contributed by atoms with Crippen molar-refractivity contribution in [2.75, 3.05) is 19.0 Å². The number of anilines is 1. The van der Waals surface area contributed by atoms with E-state index in [2.05, 4.69) is 26.6 Å². The molecule has 8 nitrogen and oxygen atoms in total. The summed E-state index contributed by atoms with van der Waals surface area (Å²) in [5.41, 5.74) is 10.8.